The van der Waals surface area contributed by atoms with E-state index in [4.69, 9.17) is 4.74 Å². The molecule has 2 rings (SSSR count). The van der Waals surface area contributed by atoms with Crippen LogP contribution < -0.4 is 5.32 Å². The first-order valence-electron chi connectivity index (χ1n) is 6.49. The summed E-state index contributed by atoms with van der Waals surface area (Å²) in [4.78, 5) is 17.3. The summed E-state index contributed by atoms with van der Waals surface area (Å²) in [6, 6.07) is 0. The average molecular weight is 268 g/mol. The second kappa shape index (κ2) is 5.80. The fourth-order valence-electron chi connectivity index (χ4n) is 1.93. The fraction of sp³-hybridized carbons (Fsp3) is 0.692. The maximum Gasteiger partial charge on any atom is 0.350 e. The Labute approximate surface area is 112 Å². The number of hydrogen-bond donors (Lipinski definition) is 1. The summed E-state index contributed by atoms with van der Waals surface area (Å²) in [5.41, 5.74) is 0.969. The summed E-state index contributed by atoms with van der Waals surface area (Å²) in [6.45, 7) is 5.25. The molecule has 1 heterocycles. The second-order valence-electron chi connectivity index (χ2n) is 4.72. The minimum Gasteiger partial charge on any atom is -0.462 e. The Morgan fingerprint density at radius 2 is 2.33 bits per heavy atom. The van der Waals surface area contributed by atoms with Gasteiger partial charge in [0, 0.05) is 18.4 Å². The Morgan fingerprint density at radius 3 is 2.89 bits per heavy atom. The van der Waals surface area contributed by atoms with Crippen LogP contribution in [0.25, 0.3) is 0 Å². The maximum absolute atomic E-state index is 11.9. The summed E-state index contributed by atoms with van der Waals surface area (Å²) in [7, 11) is 1.93. The molecular weight excluding hydrogens is 248 g/mol. The number of likely N-dealkylation sites (N-methyl/N-ethyl adjacent to an activating group) is 1. The minimum absolute atomic E-state index is 0.209. The first-order valence-corrected chi connectivity index (χ1v) is 7.31. The highest BCUT2D eigenvalue weighted by Gasteiger charge is 2.33. The molecule has 1 aromatic rings. The molecule has 0 radical (unpaired) electrons. The number of carbonyl (C=O) groups excluding carboxylic acids is 1. The van der Waals surface area contributed by atoms with Crippen LogP contribution in [0.4, 0.5) is 0 Å². The van der Waals surface area contributed by atoms with Crippen molar-refractivity contribution >= 4 is 17.3 Å². The van der Waals surface area contributed by atoms with E-state index in [0.717, 1.165) is 35.0 Å². The van der Waals surface area contributed by atoms with Crippen LogP contribution in [0, 0.1) is 0 Å². The van der Waals surface area contributed by atoms with Crippen molar-refractivity contribution in [1.82, 2.24) is 10.3 Å². The molecule has 1 aliphatic rings. The summed E-state index contributed by atoms with van der Waals surface area (Å²) in [6.07, 6.45) is 2.30. The van der Waals surface area contributed by atoms with Gasteiger partial charge in [-0.15, -0.1) is 11.3 Å². The molecule has 4 nitrogen and oxygen atoms in total. The predicted molar refractivity (Wildman–Crippen MR) is 72.4 cm³/mol. The largest absolute Gasteiger partial charge is 0.462 e. The molecule has 1 saturated carbocycles. The highest BCUT2D eigenvalue weighted by molar-refractivity contribution is 7.13. The van der Waals surface area contributed by atoms with Gasteiger partial charge in [-0.1, -0.05) is 6.92 Å². The van der Waals surface area contributed by atoms with Crippen molar-refractivity contribution in [3.05, 3.63) is 15.6 Å². The molecule has 0 saturated heterocycles. The van der Waals surface area contributed by atoms with Crippen LogP contribution in [0.3, 0.4) is 0 Å². The van der Waals surface area contributed by atoms with E-state index in [1.54, 1.807) is 0 Å². The molecule has 1 aromatic heterocycles. The standard InChI is InChI=1S/C13H20N2O2S/c1-4-17-13(16)11-10(9-5-6-9)15-12(18-11)8(2)7-14-3/h8-9,14H,4-7H2,1-3H3. The molecule has 1 N–H and O–H groups in total. The normalized spacial score (nSPS) is 16.6. The molecule has 100 valence electrons. The van der Waals surface area contributed by atoms with Gasteiger partial charge in [-0.3, -0.25) is 0 Å². The third-order valence-electron chi connectivity index (χ3n) is 3.03. The smallest absolute Gasteiger partial charge is 0.350 e. The van der Waals surface area contributed by atoms with Gasteiger partial charge in [0.05, 0.1) is 17.3 Å². The van der Waals surface area contributed by atoms with E-state index in [9.17, 15) is 4.79 Å². The van der Waals surface area contributed by atoms with Crippen LogP contribution in [0.15, 0.2) is 0 Å². The molecule has 0 amide bonds. The Bertz CT molecular complexity index is 427. The van der Waals surface area contributed by atoms with E-state index in [1.807, 2.05) is 14.0 Å². The van der Waals surface area contributed by atoms with Crippen molar-refractivity contribution in [2.24, 2.45) is 0 Å². The molecule has 0 aromatic carbocycles. The van der Waals surface area contributed by atoms with E-state index in [-0.39, 0.29) is 5.97 Å². The third kappa shape index (κ3) is 2.90. The van der Waals surface area contributed by atoms with Crippen molar-refractivity contribution in [3.63, 3.8) is 0 Å². The first kappa shape index (κ1) is 13.5. The lowest BCUT2D eigenvalue weighted by Crippen LogP contribution is -2.14. The van der Waals surface area contributed by atoms with Crippen LogP contribution in [0.2, 0.25) is 0 Å². The number of nitrogens with one attached hydrogen (secondary N) is 1. The Kier molecular flexibility index (Phi) is 4.35. The zero-order valence-electron chi connectivity index (χ0n) is 11.2. The molecule has 1 atom stereocenters. The SMILES string of the molecule is CCOC(=O)c1sc(C(C)CNC)nc1C1CC1. The number of carbonyl (C=O) groups is 1. The van der Waals surface area contributed by atoms with Gasteiger partial charge < -0.3 is 10.1 Å². The highest BCUT2D eigenvalue weighted by atomic mass is 32.1. The lowest BCUT2D eigenvalue weighted by atomic mass is 10.2. The van der Waals surface area contributed by atoms with Gasteiger partial charge in [0.1, 0.15) is 4.88 Å². The Balaban J connectivity index is 2.23. The molecule has 1 aliphatic carbocycles. The van der Waals surface area contributed by atoms with Crippen LogP contribution in [0.5, 0.6) is 0 Å². The number of aromatic nitrogens is 1. The molecule has 0 bridgehead atoms. The molecule has 1 fully saturated rings. The Hall–Kier alpha value is -0.940. The van der Waals surface area contributed by atoms with E-state index < -0.39 is 0 Å². The van der Waals surface area contributed by atoms with Crippen LogP contribution >= 0.6 is 11.3 Å². The zero-order chi connectivity index (χ0) is 13.1. The molecule has 1 unspecified atom stereocenters. The third-order valence-corrected chi connectivity index (χ3v) is 4.31. The summed E-state index contributed by atoms with van der Waals surface area (Å²) in [5.74, 6) is 0.608. The Morgan fingerprint density at radius 1 is 1.61 bits per heavy atom. The van der Waals surface area contributed by atoms with Gasteiger partial charge in [0.2, 0.25) is 0 Å². The van der Waals surface area contributed by atoms with Gasteiger partial charge in [-0.05, 0) is 26.8 Å². The topological polar surface area (TPSA) is 51.2 Å². The van der Waals surface area contributed by atoms with Gasteiger partial charge in [0.15, 0.2) is 0 Å². The number of nitrogens with zero attached hydrogens (tertiary/aromatic N) is 1. The lowest BCUT2D eigenvalue weighted by Gasteiger charge is -2.05. The monoisotopic (exact) mass is 268 g/mol. The molecular formula is C13H20N2O2S. The van der Waals surface area contributed by atoms with Gasteiger partial charge >= 0.3 is 5.97 Å². The van der Waals surface area contributed by atoms with Gasteiger partial charge in [-0.2, -0.15) is 0 Å². The van der Waals surface area contributed by atoms with Crippen molar-refractivity contribution < 1.29 is 9.53 Å². The van der Waals surface area contributed by atoms with E-state index in [2.05, 4.69) is 17.2 Å². The first-order chi connectivity index (χ1) is 8.67. The van der Waals surface area contributed by atoms with Crippen molar-refractivity contribution in [2.75, 3.05) is 20.2 Å². The maximum atomic E-state index is 11.9. The van der Waals surface area contributed by atoms with E-state index in [0.29, 0.717) is 18.4 Å². The van der Waals surface area contributed by atoms with Crippen LogP contribution in [-0.4, -0.2) is 31.2 Å². The molecule has 18 heavy (non-hydrogen) atoms. The average Bonchev–Trinajstić information content (AvgIpc) is 3.08. The second-order valence-corrected chi connectivity index (χ2v) is 5.75. The highest BCUT2D eigenvalue weighted by Crippen LogP contribution is 2.43. The number of hydrogen-bond acceptors (Lipinski definition) is 5. The molecule has 5 heteroatoms. The number of ether oxygens (including phenoxy) is 1. The van der Waals surface area contributed by atoms with Crippen LogP contribution in [-0.2, 0) is 4.74 Å². The molecule has 0 aliphatic heterocycles. The minimum atomic E-state index is -0.209. The summed E-state index contributed by atoms with van der Waals surface area (Å²) >= 11 is 1.50. The van der Waals surface area contributed by atoms with Crippen LogP contribution in [0.1, 0.15) is 58.9 Å². The predicted octanol–water partition coefficient (Wildman–Crippen LogP) is 2.52. The number of thiazole rings is 1. The van der Waals surface area contributed by atoms with Gasteiger partial charge in [0.25, 0.3) is 0 Å². The summed E-state index contributed by atoms with van der Waals surface area (Å²) in [5, 5.41) is 4.18. The molecule has 0 spiro atoms. The quantitative estimate of drug-likeness (QED) is 0.805. The zero-order valence-corrected chi connectivity index (χ0v) is 12.0. The fourth-order valence-corrected chi connectivity index (χ4v) is 3.03. The number of rotatable bonds is 6. The van der Waals surface area contributed by atoms with E-state index in [1.165, 1.54) is 11.3 Å². The van der Waals surface area contributed by atoms with Gasteiger partial charge in [-0.25, -0.2) is 9.78 Å². The number of esters is 1. The van der Waals surface area contributed by atoms with Crippen molar-refractivity contribution in [3.8, 4) is 0 Å². The van der Waals surface area contributed by atoms with Crippen molar-refractivity contribution in [2.45, 2.75) is 38.5 Å². The summed E-state index contributed by atoms with van der Waals surface area (Å²) < 4.78 is 5.12. The lowest BCUT2D eigenvalue weighted by molar-refractivity contribution is 0.0530. The van der Waals surface area contributed by atoms with E-state index >= 15 is 0 Å². The van der Waals surface area contributed by atoms with Crippen molar-refractivity contribution in [1.29, 1.82) is 0 Å².